The van der Waals surface area contributed by atoms with Crippen LogP contribution in [0, 0.1) is 6.92 Å². The van der Waals surface area contributed by atoms with Gasteiger partial charge >= 0.3 is 0 Å². The van der Waals surface area contributed by atoms with Gasteiger partial charge in [0.2, 0.25) is 0 Å². The number of hydrogen-bond acceptors (Lipinski definition) is 6. The summed E-state index contributed by atoms with van der Waals surface area (Å²) in [6.07, 6.45) is 8.07. The molecular formula is C19H25N5S. The van der Waals surface area contributed by atoms with E-state index in [2.05, 4.69) is 17.6 Å². The Balaban J connectivity index is 1.52. The van der Waals surface area contributed by atoms with Gasteiger partial charge in [0.05, 0.1) is 22.4 Å². The summed E-state index contributed by atoms with van der Waals surface area (Å²) < 4.78 is 0. The molecule has 0 saturated heterocycles. The Morgan fingerprint density at radius 1 is 1.04 bits per heavy atom. The van der Waals surface area contributed by atoms with Crippen molar-refractivity contribution in [3.05, 3.63) is 32.7 Å². The number of nitrogens with one attached hydrogen (secondary N) is 2. The fourth-order valence-electron chi connectivity index (χ4n) is 4.05. The van der Waals surface area contributed by atoms with Crippen LogP contribution in [0.2, 0.25) is 0 Å². The van der Waals surface area contributed by atoms with E-state index in [1.807, 2.05) is 11.3 Å². The number of hydrogen-bond donors (Lipinski definition) is 2. The minimum atomic E-state index is 0.302. The number of nitrogens with zero attached hydrogens (tertiary/aromatic N) is 3. The predicted octanol–water partition coefficient (Wildman–Crippen LogP) is 3.30. The van der Waals surface area contributed by atoms with Gasteiger partial charge in [0.25, 0.3) is 0 Å². The molecule has 1 fully saturated rings. The molecule has 0 radical (unpaired) electrons. The molecule has 5 nitrogen and oxygen atoms in total. The summed E-state index contributed by atoms with van der Waals surface area (Å²) in [6.45, 7) is 4.15. The van der Waals surface area contributed by atoms with Crippen LogP contribution in [0.1, 0.15) is 70.3 Å². The van der Waals surface area contributed by atoms with Crippen molar-refractivity contribution < 1.29 is 0 Å². The Kier molecular flexibility index (Phi) is 3.97. The minimum absolute atomic E-state index is 0.302. The fraction of sp³-hybridized carbons (Fsp3) is 0.632. The van der Waals surface area contributed by atoms with Crippen LogP contribution in [-0.4, -0.2) is 28.0 Å². The molecular weight excluding hydrogens is 330 g/mol. The summed E-state index contributed by atoms with van der Waals surface area (Å²) in [5.74, 6) is 2.73. The minimum Gasteiger partial charge on any atom is -0.361 e. The molecule has 0 bridgehead atoms. The molecule has 3 heterocycles. The van der Waals surface area contributed by atoms with Crippen LogP contribution >= 0.6 is 11.3 Å². The molecule has 6 heteroatoms. The standard InChI is InChI=1S/C19H25N5S/c1-11-21-17-15(3-2-4-16(17)25-11)23-19-13-7-9-20-10-8-14(13)22-18(24-19)12-5-6-12/h12,15,20H,2-10H2,1H3,(H,22,23,24). The Morgan fingerprint density at radius 3 is 2.80 bits per heavy atom. The van der Waals surface area contributed by atoms with Gasteiger partial charge in [-0.3, -0.25) is 0 Å². The Bertz CT molecular complexity index is 795. The Labute approximate surface area is 152 Å². The zero-order valence-corrected chi connectivity index (χ0v) is 15.6. The zero-order chi connectivity index (χ0) is 16.8. The highest BCUT2D eigenvalue weighted by molar-refractivity contribution is 7.11. The fourth-order valence-corrected chi connectivity index (χ4v) is 5.09. The molecule has 2 aromatic rings. The van der Waals surface area contributed by atoms with Crippen molar-refractivity contribution in [3.63, 3.8) is 0 Å². The first-order valence-electron chi connectivity index (χ1n) is 9.61. The molecule has 1 atom stereocenters. The van der Waals surface area contributed by atoms with Crippen LogP contribution in [-0.2, 0) is 19.3 Å². The zero-order valence-electron chi connectivity index (χ0n) is 14.8. The first-order chi connectivity index (χ1) is 12.3. The van der Waals surface area contributed by atoms with Gasteiger partial charge in [0.15, 0.2) is 0 Å². The van der Waals surface area contributed by atoms with Crippen LogP contribution < -0.4 is 10.6 Å². The monoisotopic (exact) mass is 355 g/mol. The number of anilines is 1. The lowest BCUT2D eigenvalue weighted by Crippen LogP contribution is -2.20. The summed E-state index contributed by atoms with van der Waals surface area (Å²) in [5.41, 5.74) is 3.85. The van der Waals surface area contributed by atoms with Gasteiger partial charge in [-0.05, 0) is 52.0 Å². The summed E-state index contributed by atoms with van der Waals surface area (Å²) in [7, 11) is 0. The van der Waals surface area contributed by atoms with E-state index in [9.17, 15) is 0 Å². The van der Waals surface area contributed by atoms with E-state index < -0.39 is 0 Å². The predicted molar refractivity (Wildman–Crippen MR) is 100 cm³/mol. The number of thiazole rings is 1. The van der Waals surface area contributed by atoms with Crippen molar-refractivity contribution in [2.24, 2.45) is 0 Å². The molecule has 2 aromatic heterocycles. The van der Waals surface area contributed by atoms with E-state index in [0.717, 1.165) is 44.0 Å². The summed E-state index contributed by atoms with van der Waals surface area (Å²) in [4.78, 5) is 16.2. The Hall–Kier alpha value is -1.53. The molecule has 0 spiro atoms. The first kappa shape index (κ1) is 15.7. The highest BCUT2D eigenvalue weighted by atomic mass is 32.1. The van der Waals surface area contributed by atoms with Crippen molar-refractivity contribution >= 4 is 17.2 Å². The van der Waals surface area contributed by atoms with Crippen molar-refractivity contribution in [3.8, 4) is 0 Å². The van der Waals surface area contributed by atoms with E-state index in [4.69, 9.17) is 15.0 Å². The van der Waals surface area contributed by atoms with Gasteiger partial charge in [0, 0.05) is 29.3 Å². The molecule has 0 aromatic carbocycles. The molecule has 2 aliphatic carbocycles. The van der Waals surface area contributed by atoms with Crippen molar-refractivity contribution in [2.75, 3.05) is 18.4 Å². The van der Waals surface area contributed by atoms with Crippen LogP contribution in [0.3, 0.4) is 0 Å². The molecule has 1 saturated carbocycles. The summed E-state index contributed by atoms with van der Waals surface area (Å²) >= 11 is 1.86. The second-order valence-corrected chi connectivity index (χ2v) is 8.80. The van der Waals surface area contributed by atoms with Crippen LogP contribution in [0.15, 0.2) is 0 Å². The summed E-state index contributed by atoms with van der Waals surface area (Å²) in [5, 5.41) is 8.48. The maximum atomic E-state index is 4.99. The largest absolute Gasteiger partial charge is 0.361 e. The summed E-state index contributed by atoms with van der Waals surface area (Å²) in [6, 6.07) is 0.302. The van der Waals surface area contributed by atoms with E-state index in [0.29, 0.717) is 12.0 Å². The molecule has 1 aliphatic heterocycles. The normalized spacial score (nSPS) is 22.8. The quantitative estimate of drug-likeness (QED) is 0.884. The van der Waals surface area contributed by atoms with Gasteiger partial charge in [-0.25, -0.2) is 15.0 Å². The van der Waals surface area contributed by atoms with Gasteiger partial charge in [-0.1, -0.05) is 0 Å². The molecule has 3 aliphatic rings. The number of aryl methyl sites for hydroxylation is 2. The van der Waals surface area contributed by atoms with Crippen LogP contribution in [0.25, 0.3) is 0 Å². The number of aromatic nitrogens is 3. The molecule has 5 rings (SSSR count). The number of rotatable bonds is 3. The molecule has 25 heavy (non-hydrogen) atoms. The topological polar surface area (TPSA) is 62.7 Å². The molecule has 1 unspecified atom stereocenters. The van der Waals surface area contributed by atoms with E-state index in [1.54, 1.807) is 0 Å². The number of fused-ring (bicyclic) bond motifs is 2. The molecule has 0 amide bonds. The third-order valence-electron chi connectivity index (χ3n) is 5.52. The van der Waals surface area contributed by atoms with Crippen molar-refractivity contribution in [1.29, 1.82) is 0 Å². The second kappa shape index (κ2) is 6.32. The Morgan fingerprint density at radius 2 is 1.92 bits per heavy atom. The molecule has 132 valence electrons. The highest BCUT2D eigenvalue weighted by Crippen LogP contribution is 2.40. The van der Waals surface area contributed by atoms with E-state index >= 15 is 0 Å². The van der Waals surface area contributed by atoms with Gasteiger partial charge in [-0.15, -0.1) is 11.3 Å². The van der Waals surface area contributed by atoms with E-state index in [-0.39, 0.29) is 0 Å². The maximum Gasteiger partial charge on any atom is 0.134 e. The SMILES string of the molecule is Cc1nc2c(s1)CCCC2Nc1nc(C2CC2)nc2c1CCNCC2. The average molecular weight is 356 g/mol. The average Bonchev–Trinajstić information content (AvgIpc) is 3.40. The van der Waals surface area contributed by atoms with Crippen LogP contribution in [0.5, 0.6) is 0 Å². The maximum absolute atomic E-state index is 4.99. The third kappa shape index (κ3) is 3.06. The lowest BCUT2D eigenvalue weighted by molar-refractivity contribution is 0.589. The van der Waals surface area contributed by atoms with Gasteiger partial charge < -0.3 is 10.6 Å². The van der Waals surface area contributed by atoms with Gasteiger partial charge in [-0.2, -0.15) is 0 Å². The van der Waals surface area contributed by atoms with E-state index in [1.165, 1.54) is 52.5 Å². The van der Waals surface area contributed by atoms with Gasteiger partial charge in [0.1, 0.15) is 11.6 Å². The van der Waals surface area contributed by atoms with Crippen molar-refractivity contribution in [2.45, 2.75) is 63.8 Å². The lowest BCUT2D eigenvalue weighted by Gasteiger charge is -2.25. The smallest absolute Gasteiger partial charge is 0.134 e. The van der Waals surface area contributed by atoms with Crippen molar-refractivity contribution in [1.82, 2.24) is 20.3 Å². The second-order valence-electron chi connectivity index (χ2n) is 7.51. The first-order valence-corrected chi connectivity index (χ1v) is 10.4. The lowest BCUT2D eigenvalue weighted by atomic mass is 9.97. The molecule has 2 N–H and O–H groups in total. The van der Waals surface area contributed by atoms with Crippen LogP contribution in [0.4, 0.5) is 5.82 Å². The third-order valence-corrected chi connectivity index (χ3v) is 6.56. The highest BCUT2D eigenvalue weighted by Gasteiger charge is 2.30.